The quantitative estimate of drug-likeness (QED) is 0.916. The van der Waals surface area contributed by atoms with Gasteiger partial charge in [0, 0.05) is 6.07 Å². The van der Waals surface area contributed by atoms with E-state index in [0.29, 0.717) is 37.4 Å². The van der Waals surface area contributed by atoms with E-state index in [1.807, 2.05) is 13.0 Å². The van der Waals surface area contributed by atoms with Crippen LogP contribution < -0.4 is 15.4 Å². The molecule has 0 saturated heterocycles. The third kappa shape index (κ3) is 2.43. The minimum absolute atomic E-state index is 0.314. The van der Waals surface area contributed by atoms with Crippen molar-refractivity contribution >= 4 is 11.8 Å². The lowest BCUT2D eigenvalue weighted by Crippen LogP contribution is -2.61. The number of pyridine rings is 1. The molecule has 1 aromatic rings. The number of nitrogens with two attached hydrogens (primary N) is 1. The molecule has 20 heavy (non-hydrogen) atoms. The normalized spacial score (nSPS) is 21.3. The average molecular weight is 279 g/mol. The first-order valence-corrected chi connectivity index (χ1v) is 6.85. The molecule has 1 unspecified atom stereocenters. The van der Waals surface area contributed by atoms with Gasteiger partial charge < -0.3 is 15.2 Å². The van der Waals surface area contributed by atoms with Crippen LogP contribution in [0, 0.1) is 0 Å². The number of ether oxygens (including phenoxy) is 2. The second kappa shape index (κ2) is 5.66. The van der Waals surface area contributed by atoms with Crippen molar-refractivity contribution in [1.82, 2.24) is 4.98 Å². The molecule has 0 spiro atoms. The maximum Gasteiger partial charge on any atom is 0.415 e. The van der Waals surface area contributed by atoms with Crippen molar-refractivity contribution in [2.75, 3.05) is 18.6 Å². The Morgan fingerprint density at radius 1 is 1.50 bits per heavy atom. The second-order valence-electron chi connectivity index (χ2n) is 4.81. The number of amides is 1. The van der Waals surface area contributed by atoms with Gasteiger partial charge in [0.1, 0.15) is 0 Å². The molecule has 0 bridgehead atoms. The summed E-state index contributed by atoms with van der Waals surface area (Å²) in [5.74, 6) is 0.536. The molecule has 1 amide bonds. The highest BCUT2D eigenvalue weighted by molar-refractivity contribution is 5.90. The summed E-state index contributed by atoms with van der Waals surface area (Å²) < 4.78 is 10.3. The summed E-state index contributed by atoms with van der Waals surface area (Å²) >= 11 is 0. The molecular weight excluding hydrogens is 258 g/mol. The van der Waals surface area contributed by atoms with Gasteiger partial charge in [-0.25, -0.2) is 9.78 Å². The first kappa shape index (κ1) is 14.6. The largest absolute Gasteiger partial charge is 0.481 e. The zero-order valence-corrected chi connectivity index (χ0v) is 12.2. The molecule has 0 aromatic carbocycles. The highest BCUT2D eigenvalue weighted by Crippen LogP contribution is 2.36. The van der Waals surface area contributed by atoms with Crippen molar-refractivity contribution in [2.24, 2.45) is 5.73 Å². The molecule has 2 rings (SSSR count). The monoisotopic (exact) mass is 279 g/mol. The van der Waals surface area contributed by atoms with Gasteiger partial charge in [0.15, 0.2) is 0 Å². The molecule has 0 aliphatic carbocycles. The molecule has 2 N–H and O–H groups in total. The Kier molecular flexibility index (Phi) is 4.13. The zero-order chi connectivity index (χ0) is 14.8. The molecule has 1 aliphatic heterocycles. The molecular formula is C14H21N3O3. The van der Waals surface area contributed by atoms with Crippen molar-refractivity contribution in [3.05, 3.63) is 17.8 Å². The van der Waals surface area contributed by atoms with Gasteiger partial charge in [-0.05, 0) is 32.3 Å². The molecule has 0 saturated carbocycles. The van der Waals surface area contributed by atoms with Gasteiger partial charge in [0.2, 0.25) is 5.88 Å². The SMILES string of the molecule is CCOC(=O)N1c2ccc(OC)nc2CCC1(N)CC. The Bertz CT molecular complexity index is 506. The Morgan fingerprint density at radius 2 is 2.25 bits per heavy atom. The molecule has 2 heterocycles. The van der Waals surface area contributed by atoms with Crippen molar-refractivity contribution in [1.29, 1.82) is 0 Å². The van der Waals surface area contributed by atoms with Crippen LogP contribution in [0.3, 0.4) is 0 Å². The maximum atomic E-state index is 12.3. The second-order valence-corrected chi connectivity index (χ2v) is 4.81. The van der Waals surface area contributed by atoms with Gasteiger partial charge in [-0.3, -0.25) is 4.90 Å². The number of hydrogen-bond donors (Lipinski definition) is 1. The number of rotatable bonds is 3. The van der Waals surface area contributed by atoms with E-state index >= 15 is 0 Å². The number of methoxy groups -OCH3 is 1. The van der Waals surface area contributed by atoms with Crippen LogP contribution in [-0.2, 0) is 11.2 Å². The van der Waals surface area contributed by atoms with Crippen LogP contribution in [0.2, 0.25) is 0 Å². The van der Waals surface area contributed by atoms with Gasteiger partial charge in [0.25, 0.3) is 0 Å². The Morgan fingerprint density at radius 3 is 2.85 bits per heavy atom. The lowest BCUT2D eigenvalue weighted by molar-refractivity contribution is 0.147. The molecule has 1 atom stereocenters. The number of hydrogen-bond acceptors (Lipinski definition) is 5. The van der Waals surface area contributed by atoms with Gasteiger partial charge in [-0.2, -0.15) is 0 Å². The number of aromatic nitrogens is 1. The van der Waals surface area contributed by atoms with E-state index in [0.717, 1.165) is 5.69 Å². The topological polar surface area (TPSA) is 77.7 Å². The van der Waals surface area contributed by atoms with Crippen molar-refractivity contribution in [3.8, 4) is 5.88 Å². The molecule has 110 valence electrons. The van der Waals surface area contributed by atoms with Crippen LogP contribution in [0.5, 0.6) is 5.88 Å². The summed E-state index contributed by atoms with van der Waals surface area (Å²) in [6, 6.07) is 3.54. The summed E-state index contributed by atoms with van der Waals surface area (Å²) in [5, 5.41) is 0. The van der Waals surface area contributed by atoms with Crippen LogP contribution in [0.4, 0.5) is 10.5 Å². The molecule has 0 radical (unpaired) electrons. The average Bonchev–Trinajstić information content (AvgIpc) is 2.46. The van der Waals surface area contributed by atoms with Gasteiger partial charge in [-0.15, -0.1) is 0 Å². The Labute approximate surface area is 118 Å². The lowest BCUT2D eigenvalue weighted by Gasteiger charge is -2.43. The summed E-state index contributed by atoms with van der Waals surface area (Å²) in [4.78, 5) is 18.2. The smallest absolute Gasteiger partial charge is 0.415 e. The van der Waals surface area contributed by atoms with E-state index in [-0.39, 0.29) is 0 Å². The fourth-order valence-electron chi connectivity index (χ4n) is 2.46. The predicted octanol–water partition coefficient (Wildman–Crippen LogP) is 2.06. The summed E-state index contributed by atoms with van der Waals surface area (Å²) in [5.41, 5.74) is 7.18. The summed E-state index contributed by atoms with van der Waals surface area (Å²) in [6.45, 7) is 4.06. The summed E-state index contributed by atoms with van der Waals surface area (Å²) in [6.07, 6.45) is 1.59. The highest BCUT2D eigenvalue weighted by Gasteiger charge is 2.41. The van der Waals surface area contributed by atoms with E-state index in [2.05, 4.69) is 4.98 Å². The Hall–Kier alpha value is -1.82. The van der Waals surface area contributed by atoms with Crippen LogP contribution in [0.1, 0.15) is 32.4 Å². The van der Waals surface area contributed by atoms with Crippen molar-refractivity contribution in [2.45, 2.75) is 38.8 Å². The first-order chi connectivity index (χ1) is 9.55. The minimum Gasteiger partial charge on any atom is -0.481 e. The third-order valence-electron chi connectivity index (χ3n) is 3.68. The van der Waals surface area contributed by atoms with E-state index in [9.17, 15) is 4.79 Å². The number of anilines is 1. The van der Waals surface area contributed by atoms with Gasteiger partial charge >= 0.3 is 6.09 Å². The third-order valence-corrected chi connectivity index (χ3v) is 3.68. The van der Waals surface area contributed by atoms with Gasteiger partial charge in [-0.1, -0.05) is 6.92 Å². The molecule has 6 heteroatoms. The number of nitrogens with zero attached hydrogens (tertiary/aromatic N) is 2. The first-order valence-electron chi connectivity index (χ1n) is 6.85. The maximum absolute atomic E-state index is 12.3. The van der Waals surface area contributed by atoms with Crippen LogP contribution in [-0.4, -0.2) is 30.5 Å². The van der Waals surface area contributed by atoms with E-state index in [1.165, 1.54) is 4.90 Å². The van der Waals surface area contributed by atoms with Crippen molar-refractivity contribution in [3.63, 3.8) is 0 Å². The minimum atomic E-state index is -0.727. The Balaban J connectivity index is 2.46. The van der Waals surface area contributed by atoms with Crippen LogP contribution >= 0.6 is 0 Å². The van der Waals surface area contributed by atoms with E-state index in [4.69, 9.17) is 15.2 Å². The number of carbonyl (C=O) groups is 1. The van der Waals surface area contributed by atoms with Gasteiger partial charge in [0.05, 0.1) is 30.8 Å². The molecule has 1 aromatic heterocycles. The van der Waals surface area contributed by atoms with Crippen LogP contribution in [0.25, 0.3) is 0 Å². The molecule has 0 fully saturated rings. The molecule has 1 aliphatic rings. The zero-order valence-electron chi connectivity index (χ0n) is 12.2. The number of aryl methyl sites for hydroxylation is 1. The number of fused-ring (bicyclic) bond motifs is 1. The highest BCUT2D eigenvalue weighted by atomic mass is 16.6. The fourth-order valence-corrected chi connectivity index (χ4v) is 2.46. The fraction of sp³-hybridized carbons (Fsp3) is 0.571. The predicted molar refractivity (Wildman–Crippen MR) is 75.8 cm³/mol. The standard InChI is InChI=1S/C14H21N3O3/c1-4-14(15)9-8-10-11(6-7-12(16-10)19-3)17(14)13(18)20-5-2/h6-7H,4-5,8-9,15H2,1-3H3. The van der Waals surface area contributed by atoms with Crippen LogP contribution in [0.15, 0.2) is 12.1 Å². The van der Waals surface area contributed by atoms with E-state index in [1.54, 1.807) is 20.1 Å². The molecule has 6 nitrogen and oxygen atoms in total. The number of carbonyl (C=O) groups excluding carboxylic acids is 1. The van der Waals surface area contributed by atoms with Crippen molar-refractivity contribution < 1.29 is 14.3 Å². The summed E-state index contributed by atoms with van der Waals surface area (Å²) in [7, 11) is 1.57. The lowest BCUT2D eigenvalue weighted by atomic mass is 9.92. The van der Waals surface area contributed by atoms with E-state index < -0.39 is 11.8 Å².